The Morgan fingerprint density at radius 2 is 1.94 bits per heavy atom. The minimum atomic E-state index is 0.556. The number of hydrogen-bond donors (Lipinski definition) is 1. The van der Waals surface area contributed by atoms with Gasteiger partial charge in [0, 0.05) is 12.6 Å². The molecule has 18 heavy (non-hydrogen) atoms. The van der Waals surface area contributed by atoms with Gasteiger partial charge in [-0.05, 0) is 69.7 Å². The summed E-state index contributed by atoms with van der Waals surface area (Å²) in [6.45, 7) is 5.83. The van der Waals surface area contributed by atoms with Gasteiger partial charge in [0.25, 0.3) is 0 Å². The van der Waals surface area contributed by atoms with E-state index in [-0.39, 0.29) is 0 Å². The molecule has 2 nitrogen and oxygen atoms in total. The lowest BCUT2D eigenvalue weighted by atomic mass is 9.70. The van der Waals surface area contributed by atoms with Gasteiger partial charge in [-0.2, -0.15) is 0 Å². The summed E-state index contributed by atoms with van der Waals surface area (Å²) in [7, 11) is 2.14. The lowest BCUT2D eigenvalue weighted by Gasteiger charge is -2.38. The van der Waals surface area contributed by atoms with Crippen molar-refractivity contribution in [1.82, 2.24) is 5.32 Å². The summed E-state index contributed by atoms with van der Waals surface area (Å²) in [6.07, 6.45) is 11.3. The second-order valence-electron chi connectivity index (χ2n) is 7.11. The van der Waals surface area contributed by atoms with Gasteiger partial charge in [-0.25, -0.2) is 0 Å². The fraction of sp³-hybridized carbons (Fsp3) is 1.00. The second kappa shape index (κ2) is 6.38. The zero-order valence-electron chi connectivity index (χ0n) is 12.5. The van der Waals surface area contributed by atoms with Crippen LogP contribution in [-0.4, -0.2) is 25.8 Å². The summed E-state index contributed by atoms with van der Waals surface area (Å²) >= 11 is 0. The molecule has 1 heterocycles. The van der Waals surface area contributed by atoms with E-state index in [4.69, 9.17) is 4.74 Å². The van der Waals surface area contributed by atoms with E-state index >= 15 is 0 Å². The Bertz CT molecular complexity index is 235. The Morgan fingerprint density at radius 3 is 2.50 bits per heavy atom. The molecule has 106 valence electrons. The van der Waals surface area contributed by atoms with Crippen LogP contribution in [0.3, 0.4) is 0 Å². The molecule has 1 saturated heterocycles. The second-order valence-corrected chi connectivity index (χ2v) is 7.11. The predicted molar refractivity (Wildman–Crippen MR) is 76.8 cm³/mol. The molecular formula is C16H31NO. The van der Waals surface area contributed by atoms with E-state index in [0.717, 1.165) is 12.5 Å². The quantitative estimate of drug-likeness (QED) is 0.805. The van der Waals surface area contributed by atoms with E-state index in [9.17, 15) is 0 Å². The van der Waals surface area contributed by atoms with Crippen LogP contribution in [0.5, 0.6) is 0 Å². The maximum atomic E-state index is 5.74. The average molecular weight is 253 g/mol. The topological polar surface area (TPSA) is 21.3 Å². The molecule has 0 aromatic heterocycles. The molecular weight excluding hydrogens is 222 g/mol. The molecule has 0 aromatic rings. The van der Waals surface area contributed by atoms with Crippen LogP contribution >= 0.6 is 0 Å². The van der Waals surface area contributed by atoms with Crippen LogP contribution in [0, 0.1) is 11.3 Å². The van der Waals surface area contributed by atoms with E-state index in [2.05, 4.69) is 26.2 Å². The molecule has 0 radical (unpaired) electrons. The highest BCUT2D eigenvalue weighted by Gasteiger charge is 2.31. The first kappa shape index (κ1) is 14.3. The Balaban J connectivity index is 1.74. The van der Waals surface area contributed by atoms with Gasteiger partial charge in [0.2, 0.25) is 0 Å². The Kier molecular flexibility index (Phi) is 5.08. The van der Waals surface area contributed by atoms with Gasteiger partial charge >= 0.3 is 0 Å². The third-order valence-corrected chi connectivity index (χ3v) is 5.15. The molecule has 0 bridgehead atoms. The van der Waals surface area contributed by atoms with Crippen LogP contribution < -0.4 is 5.32 Å². The molecule has 0 amide bonds. The molecule has 1 saturated carbocycles. The van der Waals surface area contributed by atoms with Gasteiger partial charge in [0.05, 0.1) is 6.10 Å². The van der Waals surface area contributed by atoms with E-state index in [0.29, 0.717) is 17.6 Å². The summed E-state index contributed by atoms with van der Waals surface area (Å²) in [4.78, 5) is 0. The summed E-state index contributed by atoms with van der Waals surface area (Å²) in [5.74, 6) is 0.893. The standard InChI is InChI=1S/C16H31NO/c1-16(2)10-8-13(9-11-16)15(17-3)7-6-14-5-4-12-18-14/h13-15,17H,4-12H2,1-3H3. The maximum absolute atomic E-state index is 5.74. The molecule has 1 N–H and O–H groups in total. The third kappa shape index (κ3) is 3.96. The predicted octanol–water partition coefficient (Wildman–Crippen LogP) is 3.75. The van der Waals surface area contributed by atoms with Crippen molar-refractivity contribution < 1.29 is 4.74 Å². The Morgan fingerprint density at radius 1 is 1.22 bits per heavy atom. The zero-order chi connectivity index (χ0) is 13.0. The minimum absolute atomic E-state index is 0.556. The molecule has 2 unspecified atom stereocenters. The van der Waals surface area contributed by atoms with Crippen molar-refractivity contribution >= 4 is 0 Å². The Labute approximate surface area is 113 Å². The van der Waals surface area contributed by atoms with Gasteiger partial charge in [0.1, 0.15) is 0 Å². The number of hydrogen-bond acceptors (Lipinski definition) is 2. The van der Waals surface area contributed by atoms with Crippen LogP contribution in [0.2, 0.25) is 0 Å². The van der Waals surface area contributed by atoms with E-state index in [1.165, 1.54) is 51.4 Å². The summed E-state index contributed by atoms with van der Waals surface area (Å²) in [5.41, 5.74) is 0.587. The van der Waals surface area contributed by atoms with Crippen LogP contribution in [-0.2, 0) is 4.74 Å². The van der Waals surface area contributed by atoms with Gasteiger partial charge in [0.15, 0.2) is 0 Å². The van der Waals surface area contributed by atoms with Crippen LogP contribution in [0.15, 0.2) is 0 Å². The van der Waals surface area contributed by atoms with Gasteiger partial charge < -0.3 is 10.1 Å². The number of rotatable bonds is 5. The molecule has 1 aliphatic carbocycles. The SMILES string of the molecule is CNC(CCC1CCCO1)C1CCC(C)(C)CC1. The fourth-order valence-electron chi connectivity index (χ4n) is 3.68. The average Bonchev–Trinajstić information content (AvgIpc) is 2.84. The normalized spacial score (nSPS) is 30.5. The molecule has 2 heteroatoms. The van der Waals surface area contributed by atoms with E-state index in [1.807, 2.05) is 0 Å². The number of nitrogens with one attached hydrogen (secondary N) is 1. The first-order valence-electron chi connectivity index (χ1n) is 7.89. The maximum Gasteiger partial charge on any atom is 0.0576 e. The van der Waals surface area contributed by atoms with Crippen molar-refractivity contribution in [3.05, 3.63) is 0 Å². The van der Waals surface area contributed by atoms with Crippen molar-refractivity contribution in [3.63, 3.8) is 0 Å². The molecule has 2 rings (SSSR count). The van der Waals surface area contributed by atoms with Crippen molar-refractivity contribution in [2.45, 2.75) is 77.4 Å². The third-order valence-electron chi connectivity index (χ3n) is 5.15. The largest absolute Gasteiger partial charge is 0.378 e. The highest BCUT2D eigenvalue weighted by Crippen LogP contribution is 2.40. The number of ether oxygens (including phenoxy) is 1. The summed E-state index contributed by atoms with van der Waals surface area (Å²) < 4.78 is 5.74. The summed E-state index contributed by atoms with van der Waals surface area (Å²) in [6, 6.07) is 0.713. The zero-order valence-corrected chi connectivity index (χ0v) is 12.5. The van der Waals surface area contributed by atoms with E-state index in [1.54, 1.807) is 0 Å². The smallest absolute Gasteiger partial charge is 0.0576 e. The monoisotopic (exact) mass is 253 g/mol. The van der Waals surface area contributed by atoms with Crippen LogP contribution in [0.1, 0.15) is 65.2 Å². The van der Waals surface area contributed by atoms with Gasteiger partial charge in [-0.15, -0.1) is 0 Å². The molecule has 1 aliphatic heterocycles. The highest BCUT2D eigenvalue weighted by molar-refractivity contribution is 4.85. The molecule has 2 aliphatic rings. The minimum Gasteiger partial charge on any atom is -0.378 e. The fourth-order valence-corrected chi connectivity index (χ4v) is 3.68. The van der Waals surface area contributed by atoms with Gasteiger partial charge in [-0.3, -0.25) is 0 Å². The molecule has 2 fully saturated rings. The van der Waals surface area contributed by atoms with Crippen LogP contribution in [0.4, 0.5) is 0 Å². The van der Waals surface area contributed by atoms with Crippen molar-refractivity contribution in [3.8, 4) is 0 Å². The van der Waals surface area contributed by atoms with Gasteiger partial charge in [-0.1, -0.05) is 13.8 Å². The van der Waals surface area contributed by atoms with Crippen molar-refractivity contribution in [2.75, 3.05) is 13.7 Å². The van der Waals surface area contributed by atoms with Crippen molar-refractivity contribution in [1.29, 1.82) is 0 Å². The lowest BCUT2D eigenvalue weighted by molar-refractivity contribution is 0.0924. The van der Waals surface area contributed by atoms with Crippen LogP contribution in [0.25, 0.3) is 0 Å². The van der Waals surface area contributed by atoms with Crippen molar-refractivity contribution in [2.24, 2.45) is 11.3 Å². The summed E-state index contributed by atoms with van der Waals surface area (Å²) in [5, 5.41) is 3.57. The highest BCUT2D eigenvalue weighted by atomic mass is 16.5. The molecule has 2 atom stereocenters. The lowest BCUT2D eigenvalue weighted by Crippen LogP contribution is -2.37. The Hall–Kier alpha value is -0.0800. The first-order valence-corrected chi connectivity index (χ1v) is 7.89. The first-order chi connectivity index (χ1) is 8.61. The molecule has 0 aromatic carbocycles. The molecule has 0 spiro atoms. The van der Waals surface area contributed by atoms with E-state index < -0.39 is 0 Å².